The van der Waals surface area contributed by atoms with Gasteiger partial charge in [0.25, 0.3) is 0 Å². The predicted molar refractivity (Wildman–Crippen MR) is 192 cm³/mol. The van der Waals surface area contributed by atoms with E-state index in [0.29, 0.717) is 17.5 Å². The lowest BCUT2D eigenvalue weighted by Crippen LogP contribution is -2.20. The molecule has 1 aliphatic heterocycles. The Balaban J connectivity index is 1.08. The molecule has 5 nitrogen and oxygen atoms in total. The highest BCUT2D eigenvalue weighted by atomic mass is 16.5. The summed E-state index contributed by atoms with van der Waals surface area (Å²) >= 11 is 0. The Labute approximate surface area is 276 Å². The SMILES string of the molecule is C1=CC2Oc3cc(-c4cccc5c4oc4ccccc45)ccc3C2C(c2nc(-c3ccccc3)nc(-c3ccc4ccccc4c3)n2)=C1. The predicted octanol–water partition coefficient (Wildman–Crippen LogP) is 10.4. The molecule has 0 spiro atoms. The van der Waals surface area contributed by atoms with Gasteiger partial charge in [-0.05, 0) is 40.6 Å². The number of nitrogens with zero attached hydrogens (tertiary/aromatic N) is 3. The molecule has 48 heavy (non-hydrogen) atoms. The molecule has 10 rings (SSSR count). The molecule has 0 radical (unpaired) electrons. The Morgan fingerprint density at radius 1 is 0.542 bits per heavy atom. The van der Waals surface area contributed by atoms with Crippen LogP contribution in [0, 0.1) is 0 Å². The average Bonchev–Trinajstić information content (AvgIpc) is 3.73. The summed E-state index contributed by atoms with van der Waals surface area (Å²) in [6.45, 7) is 0. The van der Waals surface area contributed by atoms with E-state index in [0.717, 1.165) is 66.5 Å². The van der Waals surface area contributed by atoms with Gasteiger partial charge in [0.2, 0.25) is 0 Å². The molecule has 3 heterocycles. The van der Waals surface area contributed by atoms with E-state index in [-0.39, 0.29) is 12.0 Å². The fourth-order valence-corrected chi connectivity index (χ4v) is 7.19. The number of aromatic nitrogens is 3. The molecule has 0 N–H and O–H groups in total. The van der Waals surface area contributed by atoms with E-state index in [2.05, 4.69) is 103 Å². The number of para-hydroxylation sites is 2. The summed E-state index contributed by atoms with van der Waals surface area (Å²) in [5, 5.41) is 4.55. The Hall–Kier alpha value is -6.33. The van der Waals surface area contributed by atoms with Crippen LogP contribution in [0.1, 0.15) is 17.3 Å². The van der Waals surface area contributed by atoms with Crippen LogP contribution < -0.4 is 4.74 Å². The van der Waals surface area contributed by atoms with Gasteiger partial charge in [0.05, 0.1) is 5.92 Å². The second kappa shape index (κ2) is 10.6. The van der Waals surface area contributed by atoms with Gasteiger partial charge in [-0.25, -0.2) is 15.0 Å². The van der Waals surface area contributed by atoms with Gasteiger partial charge in [0, 0.05) is 38.6 Å². The smallest absolute Gasteiger partial charge is 0.164 e. The van der Waals surface area contributed by atoms with E-state index >= 15 is 0 Å². The minimum Gasteiger partial charge on any atom is -0.485 e. The van der Waals surface area contributed by atoms with Gasteiger partial charge in [-0.2, -0.15) is 0 Å². The van der Waals surface area contributed by atoms with Crippen LogP contribution in [-0.4, -0.2) is 21.1 Å². The third kappa shape index (κ3) is 4.28. The summed E-state index contributed by atoms with van der Waals surface area (Å²) in [7, 11) is 0. The molecule has 0 fully saturated rings. The molecular formula is C43H27N3O2. The summed E-state index contributed by atoms with van der Waals surface area (Å²) in [6.07, 6.45) is 6.13. The van der Waals surface area contributed by atoms with Crippen molar-refractivity contribution >= 4 is 38.3 Å². The second-order valence-corrected chi connectivity index (χ2v) is 12.3. The van der Waals surface area contributed by atoms with Crippen LogP contribution in [0.4, 0.5) is 0 Å². The Bertz CT molecular complexity index is 2620. The van der Waals surface area contributed by atoms with E-state index < -0.39 is 0 Å². The third-order valence-electron chi connectivity index (χ3n) is 9.50. The first-order valence-corrected chi connectivity index (χ1v) is 16.2. The van der Waals surface area contributed by atoms with Crippen molar-refractivity contribution in [3.05, 3.63) is 163 Å². The van der Waals surface area contributed by atoms with Crippen molar-refractivity contribution < 1.29 is 9.15 Å². The fraction of sp³-hybridized carbons (Fsp3) is 0.0465. The molecular weight excluding hydrogens is 590 g/mol. The maximum absolute atomic E-state index is 6.64. The zero-order chi connectivity index (χ0) is 31.6. The maximum atomic E-state index is 6.64. The minimum atomic E-state index is -0.168. The molecule has 0 bridgehead atoms. The van der Waals surface area contributed by atoms with Gasteiger partial charge >= 0.3 is 0 Å². The maximum Gasteiger partial charge on any atom is 0.164 e. The molecule has 0 saturated heterocycles. The zero-order valence-corrected chi connectivity index (χ0v) is 25.7. The quantitative estimate of drug-likeness (QED) is 0.197. The monoisotopic (exact) mass is 617 g/mol. The van der Waals surface area contributed by atoms with Gasteiger partial charge in [0.15, 0.2) is 17.5 Å². The normalized spacial score (nSPS) is 16.5. The molecule has 5 heteroatoms. The summed E-state index contributed by atoms with van der Waals surface area (Å²) < 4.78 is 13.0. The van der Waals surface area contributed by atoms with E-state index in [4.69, 9.17) is 24.1 Å². The van der Waals surface area contributed by atoms with Crippen LogP contribution >= 0.6 is 0 Å². The van der Waals surface area contributed by atoms with Gasteiger partial charge < -0.3 is 9.15 Å². The van der Waals surface area contributed by atoms with E-state index in [9.17, 15) is 0 Å². The highest BCUT2D eigenvalue weighted by molar-refractivity contribution is 6.09. The van der Waals surface area contributed by atoms with E-state index in [1.165, 1.54) is 5.39 Å². The Morgan fingerprint density at radius 3 is 2.21 bits per heavy atom. The number of fused-ring (bicyclic) bond motifs is 7. The van der Waals surface area contributed by atoms with Gasteiger partial charge in [0.1, 0.15) is 23.0 Å². The molecule has 0 saturated carbocycles. The van der Waals surface area contributed by atoms with Crippen molar-refractivity contribution in [3.8, 4) is 39.7 Å². The van der Waals surface area contributed by atoms with Crippen LogP contribution in [0.3, 0.4) is 0 Å². The first-order valence-electron chi connectivity index (χ1n) is 16.2. The zero-order valence-electron chi connectivity index (χ0n) is 25.7. The van der Waals surface area contributed by atoms with Crippen LogP contribution in [-0.2, 0) is 0 Å². The fourth-order valence-electron chi connectivity index (χ4n) is 7.19. The average molecular weight is 618 g/mol. The number of furan rings is 1. The topological polar surface area (TPSA) is 61.0 Å². The molecule has 2 aromatic heterocycles. The molecule has 6 aromatic carbocycles. The van der Waals surface area contributed by atoms with Crippen molar-refractivity contribution in [1.29, 1.82) is 0 Å². The molecule has 0 amide bonds. The summed E-state index contributed by atoms with van der Waals surface area (Å²) in [6, 6.07) is 45.8. The van der Waals surface area contributed by atoms with Gasteiger partial charge in [-0.3, -0.25) is 0 Å². The van der Waals surface area contributed by atoms with Gasteiger partial charge in [-0.1, -0.05) is 127 Å². The highest BCUT2D eigenvalue weighted by Crippen LogP contribution is 2.49. The molecule has 2 atom stereocenters. The van der Waals surface area contributed by atoms with Crippen LogP contribution in [0.25, 0.3) is 72.2 Å². The Morgan fingerprint density at radius 2 is 1.29 bits per heavy atom. The molecule has 2 aliphatic rings. The lowest BCUT2D eigenvalue weighted by atomic mass is 9.83. The lowest BCUT2D eigenvalue weighted by Gasteiger charge is -2.22. The van der Waals surface area contributed by atoms with Crippen LogP contribution in [0.5, 0.6) is 5.75 Å². The minimum absolute atomic E-state index is 0.0588. The molecule has 2 unspecified atom stereocenters. The third-order valence-corrected chi connectivity index (χ3v) is 9.50. The van der Waals surface area contributed by atoms with Crippen LogP contribution in [0.15, 0.2) is 156 Å². The van der Waals surface area contributed by atoms with Crippen molar-refractivity contribution in [1.82, 2.24) is 15.0 Å². The molecule has 8 aromatic rings. The van der Waals surface area contributed by atoms with Crippen molar-refractivity contribution in [2.45, 2.75) is 12.0 Å². The standard InChI is InChI=1S/C43H27N3O2/c1-2-11-27(12-3-1)41-44-42(30-21-20-26-10-4-5-13-28(26)24-30)46-43(45-41)35-17-9-19-37-39(35)34-23-22-29(25-38(34)47-37)31-15-8-16-33-32-14-6-7-18-36(32)48-40(31)33/h1-25,37,39H. The summed E-state index contributed by atoms with van der Waals surface area (Å²) in [5.41, 5.74) is 7.88. The number of allylic oxidation sites excluding steroid dienone is 2. The second-order valence-electron chi connectivity index (χ2n) is 12.3. The highest BCUT2D eigenvalue weighted by Gasteiger charge is 2.39. The van der Waals surface area contributed by atoms with Crippen molar-refractivity contribution in [2.24, 2.45) is 0 Å². The molecule has 1 aliphatic carbocycles. The number of hydrogen-bond donors (Lipinski definition) is 0. The summed E-state index contributed by atoms with van der Waals surface area (Å²) in [5.74, 6) is 2.74. The largest absolute Gasteiger partial charge is 0.485 e. The van der Waals surface area contributed by atoms with E-state index in [1.807, 2.05) is 48.5 Å². The van der Waals surface area contributed by atoms with Crippen LogP contribution in [0.2, 0.25) is 0 Å². The first kappa shape index (κ1) is 26.8. The Kier molecular flexibility index (Phi) is 5.93. The van der Waals surface area contributed by atoms with E-state index in [1.54, 1.807) is 0 Å². The number of rotatable bonds is 4. The van der Waals surface area contributed by atoms with Crippen molar-refractivity contribution in [3.63, 3.8) is 0 Å². The summed E-state index contributed by atoms with van der Waals surface area (Å²) in [4.78, 5) is 15.2. The first-order chi connectivity index (χ1) is 23.8. The number of benzene rings is 6. The number of ether oxygens (including phenoxy) is 1. The molecule has 226 valence electrons. The lowest BCUT2D eigenvalue weighted by molar-refractivity contribution is 0.271. The number of hydrogen-bond acceptors (Lipinski definition) is 5. The van der Waals surface area contributed by atoms with Crippen molar-refractivity contribution in [2.75, 3.05) is 0 Å². The van der Waals surface area contributed by atoms with Gasteiger partial charge in [-0.15, -0.1) is 0 Å².